The van der Waals surface area contributed by atoms with E-state index < -0.39 is 11.7 Å². The number of nitrogens with zero attached hydrogens (tertiary/aromatic N) is 1. The summed E-state index contributed by atoms with van der Waals surface area (Å²) in [6.45, 7) is 3.62. The van der Waals surface area contributed by atoms with Gasteiger partial charge >= 0.3 is 0 Å². The Morgan fingerprint density at radius 1 is 1.04 bits per heavy atom. The number of aliphatic hydroxyl groups is 2. The van der Waals surface area contributed by atoms with Gasteiger partial charge in [-0.2, -0.15) is 0 Å². The lowest BCUT2D eigenvalue weighted by Gasteiger charge is -2.42. The Bertz CT molecular complexity index is 866. The van der Waals surface area contributed by atoms with Crippen molar-refractivity contribution in [2.24, 2.45) is 0 Å². The van der Waals surface area contributed by atoms with Gasteiger partial charge < -0.3 is 15.2 Å². The van der Waals surface area contributed by atoms with Crippen molar-refractivity contribution in [2.75, 3.05) is 13.1 Å². The Labute approximate surface area is 154 Å². The van der Waals surface area contributed by atoms with Crippen molar-refractivity contribution in [2.45, 2.75) is 37.5 Å². The van der Waals surface area contributed by atoms with Crippen LogP contribution in [0.5, 0.6) is 0 Å². The molecule has 0 spiro atoms. The molecule has 0 saturated carbocycles. The Morgan fingerprint density at radius 2 is 1.77 bits per heavy atom. The van der Waals surface area contributed by atoms with Gasteiger partial charge in [0.15, 0.2) is 0 Å². The molecule has 1 saturated heterocycles. The normalized spacial score (nSPS) is 20.1. The van der Waals surface area contributed by atoms with Gasteiger partial charge in [-0.15, -0.1) is 0 Å². The first-order chi connectivity index (χ1) is 12.6. The maximum atomic E-state index is 11.0. The molecule has 1 aliphatic heterocycles. The van der Waals surface area contributed by atoms with E-state index in [1.165, 1.54) is 0 Å². The van der Waals surface area contributed by atoms with Crippen LogP contribution in [0.4, 0.5) is 0 Å². The quantitative estimate of drug-likeness (QED) is 0.674. The van der Waals surface area contributed by atoms with Crippen molar-refractivity contribution in [3.05, 3.63) is 71.9 Å². The highest BCUT2D eigenvalue weighted by Gasteiger charge is 2.36. The molecule has 3 N–H and O–H groups in total. The number of piperidine rings is 1. The van der Waals surface area contributed by atoms with Crippen molar-refractivity contribution >= 4 is 10.9 Å². The second-order valence-electron chi connectivity index (χ2n) is 7.44. The number of aromatic amines is 1. The summed E-state index contributed by atoms with van der Waals surface area (Å²) in [6, 6.07) is 18.0. The fourth-order valence-corrected chi connectivity index (χ4v) is 4.07. The van der Waals surface area contributed by atoms with Crippen LogP contribution in [0.1, 0.15) is 37.0 Å². The monoisotopic (exact) mass is 350 g/mol. The molecule has 3 aromatic rings. The summed E-state index contributed by atoms with van der Waals surface area (Å²) in [5.41, 5.74) is 2.26. The van der Waals surface area contributed by atoms with E-state index in [1.54, 1.807) is 0 Å². The van der Waals surface area contributed by atoms with Gasteiger partial charge in [0.25, 0.3) is 0 Å². The fraction of sp³-hybridized carbons (Fsp3) is 0.364. The number of aliphatic hydroxyl groups excluding tert-OH is 1. The van der Waals surface area contributed by atoms with Crippen LogP contribution >= 0.6 is 0 Å². The predicted molar refractivity (Wildman–Crippen MR) is 104 cm³/mol. The zero-order valence-electron chi connectivity index (χ0n) is 15.1. The third kappa shape index (κ3) is 3.16. The molecule has 2 atom stereocenters. The van der Waals surface area contributed by atoms with Gasteiger partial charge in [-0.05, 0) is 54.5 Å². The molecule has 1 fully saturated rings. The van der Waals surface area contributed by atoms with E-state index in [4.69, 9.17) is 0 Å². The van der Waals surface area contributed by atoms with Gasteiger partial charge in [0.2, 0.25) is 0 Å². The molecule has 0 bridgehead atoms. The number of H-pyrrole nitrogens is 1. The molecule has 1 aromatic heterocycles. The minimum absolute atomic E-state index is 0.00622. The molecule has 0 amide bonds. The summed E-state index contributed by atoms with van der Waals surface area (Å²) in [6.07, 6.45) is 2.74. The fourth-order valence-electron chi connectivity index (χ4n) is 4.07. The van der Waals surface area contributed by atoms with Crippen LogP contribution < -0.4 is 0 Å². The van der Waals surface area contributed by atoms with Gasteiger partial charge in [0, 0.05) is 30.8 Å². The van der Waals surface area contributed by atoms with Crippen molar-refractivity contribution in [1.82, 2.24) is 9.88 Å². The minimum atomic E-state index is -0.757. The third-order valence-corrected chi connectivity index (χ3v) is 5.89. The first-order valence-corrected chi connectivity index (χ1v) is 9.34. The van der Waals surface area contributed by atoms with Crippen LogP contribution in [-0.2, 0) is 5.60 Å². The lowest BCUT2D eigenvalue weighted by Crippen LogP contribution is -2.47. The Balaban J connectivity index is 1.45. The van der Waals surface area contributed by atoms with Gasteiger partial charge in [-0.25, -0.2) is 0 Å². The van der Waals surface area contributed by atoms with Crippen LogP contribution in [-0.4, -0.2) is 39.2 Å². The van der Waals surface area contributed by atoms with E-state index in [9.17, 15) is 10.2 Å². The SMILES string of the molecule is C[C@@H]([C@@H](O)c1ccc2[nH]ccc2c1)N1CCC(O)(c2ccccc2)CC1. The Morgan fingerprint density at radius 3 is 2.50 bits per heavy atom. The first kappa shape index (κ1) is 17.3. The zero-order valence-corrected chi connectivity index (χ0v) is 15.1. The summed E-state index contributed by atoms with van der Waals surface area (Å²) in [5.74, 6) is 0. The second kappa shape index (κ2) is 6.88. The van der Waals surface area contributed by atoms with Crippen LogP contribution in [0.3, 0.4) is 0 Å². The number of aromatic nitrogens is 1. The molecule has 0 aliphatic carbocycles. The summed E-state index contributed by atoms with van der Waals surface area (Å²) in [4.78, 5) is 5.46. The highest BCUT2D eigenvalue weighted by atomic mass is 16.3. The molecular weight excluding hydrogens is 324 g/mol. The van der Waals surface area contributed by atoms with Crippen molar-refractivity contribution in [1.29, 1.82) is 0 Å². The molecule has 4 rings (SSSR count). The molecule has 0 radical (unpaired) electrons. The lowest BCUT2D eigenvalue weighted by molar-refractivity contribution is -0.0501. The average Bonchev–Trinajstić information content (AvgIpc) is 3.16. The molecule has 136 valence electrons. The molecule has 1 aliphatic rings. The summed E-state index contributed by atoms with van der Waals surface area (Å²) < 4.78 is 0. The maximum Gasteiger partial charge on any atom is 0.0942 e. The van der Waals surface area contributed by atoms with Crippen LogP contribution in [0.2, 0.25) is 0 Å². The van der Waals surface area contributed by atoms with E-state index in [0.29, 0.717) is 12.8 Å². The van der Waals surface area contributed by atoms with Crippen molar-refractivity contribution < 1.29 is 10.2 Å². The van der Waals surface area contributed by atoms with E-state index in [0.717, 1.165) is 35.1 Å². The summed E-state index contributed by atoms with van der Waals surface area (Å²) in [7, 11) is 0. The van der Waals surface area contributed by atoms with Crippen molar-refractivity contribution in [3.63, 3.8) is 0 Å². The minimum Gasteiger partial charge on any atom is -0.387 e. The first-order valence-electron chi connectivity index (χ1n) is 9.34. The summed E-state index contributed by atoms with van der Waals surface area (Å²) in [5, 5.41) is 23.0. The average molecular weight is 350 g/mol. The number of hydrogen-bond donors (Lipinski definition) is 3. The third-order valence-electron chi connectivity index (χ3n) is 5.89. The standard InChI is InChI=1S/C22H26N2O2/c1-16(21(25)18-7-8-20-17(15-18)9-12-23-20)24-13-10-22(26,11-14-24)19-5-3-2-4-6-19/h2-9,12,15-16,21,23,25-26H,10-11,13-14H2,1H3/t16-,21+/m0/s1. The molecule has 4 nitrogen and oxygen atoms in total. The molecule has 0 unspecified atom stereocenters. The molecule has 2 aromatic carbocycles. The number of benzene rings is 2. The number of fused-ring (bicyclic) bond motifs is 1. The predicted octanol–water partition coefficient (Wildman–Crippen LogP) is 3.57. The topological polar surface area (TPSA) is 59.5 Å². The highest BCUT2D eigenvalue weighted by molar-refractivity contribution is 5.80. The molecule has 4 heteroatoms. The van der Waals surface area contributed by atoms with E-state index in [-0.39, 0.29) is 6.04 Å². The zero-order chi connectivity index (χ0) is 18.1. The van der Waals surface area contributed by atoms with Gasteiger partial charge in [-0.1, -0.05) is 36.4 Å². The lowest BCUT2D eigenvalue weighted by atomic mass is 9.83. The largest absolute Gasteiger partial charge is 0.387 e. The van der Waals surface area contributed by atoms with E-state index in [1.807, 2.05) is 54.7 Å². The molecule has 26 heavy (non-hydrogen) atoms. The van der Waals surface area contributed by atoms with Crippen LogP contribution in [0.15, 0.2) is 60.8 Å². The number of hydrogen-bond acceptors (Lipinski definition) is 3. The Kier molecular flexibility index (Phi) is 4.57. The number of rotatable bonds is 4. The van der Waals surface area contributed by atoms with Gasteiger partial charge in [0.05, 0.1) is 11.7 Å². The van der Waals surface area contributed by atoms with Crippen LogP contribution in [0, 0.1) is 0 Å². The molecule has 2 heterocycles. The maximum absolute atomic E-state index is 11.0. The van der Waals surface area contributed by atoms with Crippen LogP contribution in [0.25, 0.3) is 10.9 Å². The smallest absolute Gasteiger partial charge is 0.0942 e. The van der Waals surface area contributed by atoms with Gasteiger partial charge in [0.1, 0.15) is 0 Å². The highest BCUT2D eigenvalue weighted by Crippen LogP contribution is 2.35. The second-order valence-corrected chi connectivity index (χ2v) is 7.44. The van der Waals surface area contributed by atoms with E-state index >= 15 is 0 Å². The Hall–Kier alpha value is -2.14. The number of likely N-dealkylation sites (tertiary alicyclic amines) is 1. The van der Waals surface area contributed by atoms with E-state index in [2.05, 4.69) is 22.9 Å². The van der Waals surface area contributed by atoms with Gasteiger partial charge in [-0.3, -0.25) is 4.90 Å². The van der Waals surface area contributed by atoms with Crippen molar-refractivity contribution in [3.8, 4) is 0 Å². The molecular formula is C22H26N2O2. The number of nitrogens with one attached hydrogen (secondary N) is 1. The summed E-state index contributed by atoms with van der Waals surface area (Å²) >= 11 is 0.